The Morgan fingerprint density at radius 2 is 2.14 bits per heavy atom. The maximum atomic E-state index is 9.21. The molecule has 0 saturated carbocycles. The summed E-state index contributed by atoms with van der Waals surface area (Å²) in [7, 11) is 0. The van der Waals surface area contributed by atoms with Gasteiger partial charge in [0.25, 0.3) is 0 Å². The second kappa shape index (κ2) is 3.55. The topological polar surface area (TPSA) is 44.0 Å². The van der Waals surface area contributed by atoms with Crippen LogP contribution < -0.4 is 0 Å². The molecule has 1 rings (SSSR count). The van der Waals surface area contributed by atoms with Crippen LogP contribution in [0.2, 0.25) is 0 Å². The smallest absolute Gasteiger partial charge is 0.115 e. The monoisotopic (exact) mass is 187 g/mol. The molecule has 0 aliphatic heterocycles. The van der Waals surface area contributed by atoms with E-state index in [-0.39, 0.29) is 5.76 Å². The normalized spacial score (nSPS) is 10.6. The zero-order chi connectivity index (χ0) is 10.8. The molecule has 0 amide bonds. The van der Waals surface area contributed by atoms with Gasteiger partial charge in [-0.3, -0.25) is 0 Å². The van der Waals surface area contributed by atoms with E-state index >= 15 is 0 Å². The number of hydrogen-bond acceptors (Lipinski definition) is 2. The van der Waals surface area contributed by atoms with Crippen LogP contribution in [0.5, 0.6) is 0 Å². The maximum Gasteiger partial charge on any atom is 0.115 e. The van der Waals surface area contributed by atoms with E-state index < -0.39 is 5.41 Å². The van der Waals surface area contributed by atoms with Crippen molar-refractivity contribution in [1.29, 1.82) is 5.26 Å². The number of rotatable bonds is 2. The molecule has 1 aromatic rings. The van der Waals surface area contributed by atoms with Gasteiger partial charge in [-0.25, -0.2) is 0 Å². The van der Waals surface area contributed by atoms with Crippen LogP contribution in [0.15, 0.2) is 30.8 Å². The Morgan fingerprint density at radius 1 is 1.50 bits per heavy atom. The Labute approximate surface area is 84.1 Å². The molecular weight excluding hydrogens is 174 g/mol. The Kier molecular flexibility index (Phi) is 2.62. The minimum atomic E-state index is -0.536. The van der Waals surface area contributed by atoms with E-state index in [0.29, 0.717) is 5.56 Å². The van der Waals surface area contributed by atoms with Crippen LogP contribution >= 0.6 is 0 Å². The van der Waals surface area contributed by atoms with Crippen LogP contribution in [-0.4, -0.2) is 5.11 Å². The Balaban J connectivity index is 3.20. The van der Waals surface area contributed by atoms with Crippen LogP contribution in [0.1, 0.15) is 25.0 Å². The van der Waals surface area contributed by atoms with Crippen molar-refractivity contribution >= 4 is 5.76 Å². The van der Waals surface area contributed by atoms with E-state index in [4.69, 9.17) is 5.26 Å². The van der Waals surface area contributed by atoms with Gasteiger partial charge in [0.15, 0.2) is 0 Å². The third-order valence-electron chi connectivity index (χ3n) is 2.20. The predicted molar refractivity (Wildman–Crippen MR) is 56.7 cm³/mol. The zero-order valence-electron chi connectivity index (χ0n) is 8.41. The number of hydrogen-bond donors (Lipinski definition) is 1. The molecule has 0 fully saturated rings. The van der Waals surface area contributed by atoms with Crippen molar-refractivity contribution in [3.63, 3.8) is 0 Å². The van der Waals surface area contributed by atoms with Gasteiger partial charge in [0.2, 0.25) is 0 Å². The summed E-state index contributed by atoms with van der Waals surface area (Å²) in [5.41, 5.74) is 1.00. The number of aliphatic hydroxyl groups is 1. The number of nitriles is 1. The van der Waals surface area contributed by atoms with Crippen molar-refractivity contribution in [3.05, 3.63) is 42.0 Å². The lowest BCUT2D eigenvalue weighted by molar-refractivity contribution is 0.513. The molecule has 0 spiro atoms. The highest BCUT2D eigenvalue weighted by atomic mass is 16.3. The summed E-state index contributed by atoms with van der Waals surface area (Å²) in [5.74, 6) is 0.0283. The second-order valence-electron chi connectivity index (χ2n) is 3.76. The number of aliphatic hydroxyl groups excluding tert-OH is 1. The number of benzene rings is 1. The van der Waals surface area contributed by atoms with Gasteiger partial charge in [-0.15, -0.1) is 0 Å². The second-order valence-corrected chi connectivity index (χ2v) is 3.76. The van der Waals surface area contributed by atoms with Gasteiger partial charge in [-0.2, -0.15) is 5.26 Å². The van der Waals surface area contributed by atoms with Crippen molar-refractivity contribution in [2.75, 3.05) is 0 Å². The van der Waals surface area contributed by atoms with Crippen molar-refractivity contribution in [1.82, 2.24) is 0 Å². The molecule has 0 aliphatic rings. The van der Waals surface area contributed by atoms with Crippen molar-refractivity contribution in [2.24, 2.45) is 0 Å². The molecule has 72 valence electrons. The quantitative estimate of drug-likeness (QED) is 0.723. The van der Waals surface area contributed by atoms with Crippen molar-refractivity contribution in [2.45, 2.75) is 19.3 Å². The van der Waals surface area contributed by atoms with E-state index in [1.807, 2.05) is 26.0 Å². The summed E-state index contributed by atoms with van der Waals surface area (Å²) in [4.78, 5) is 0. The highest BCUT2D eigenvalue weighted by molar-refractivity contribution is 5.57. The van der Waals surface area contributed by atoms with Gasteiger partial charge < -0.3 is 5.11 Å². The fourth-order valence-electron chi connectivity index (χ4n) is 1.15. The summed E-state index contributed by atoms with van der Waals surface area (Å²) < 4.78 is 0. The molecule has 0 aromatic heterocycles. The van der Waals surface area contributed by atoms with Gasteiger partial charge in [0.05, 0.1) is 11.5 Å². The third kappa shape index (κ3) is 1.94. The average Bonchev–Trinajstić information content (AvgIpc) is 2.18. The van der Waals surface area contributed by atoms with Gasteiger partial charge in [-0.1, -0.05) is 24.8 Å². The molecule has 0 bridgehead atoms. The minimum Gasteiger partial charge on any atom is -0.508 e. The maximum absolute atomic E-state index is 9.21. The highest BCUT2D eigenvalue weighted by Crippen LogP contribution is 2.24. The van der Waals surface area contributed by atoms with E-state index in [1.165, 1.54) is 0 Å². The first-order valence-corrected chi connectivity index (χ1v) is 4.37. The fraction of sp³-hybridized carbons (Fsp3) is 0.250. The Morgan fingerprint density at radius 3 is 2.64 bits per heavy atom. The minimum absolute atomic E-state index is 0.0283. The molecule has 0 heterocycles. The average molecular weight is 187 g/mol. The molecule has 0 radical (unpaired) electrons. The summed E-state index contributed by atoms with van der Waals surface area (Å²) in [6.07, 6.45) is 0. The van der Waals surface area contributed by atoms with E-state index in [2.05, 4.69) is 12.6 Å². The molecule has 0 atom stereocenters. The first kappa shape index (κ1) is 10.3. The molecular formula is C12H13NO. The van der Waals surface area contributed by atoms with Gasteiger partial charge in [-0.05, 0) is 25.5 Å². The summed E-state index contributed by atoms with van der Waals surface area (Å²) in [6.45, 7) is 7.13. The van der Waals surface area contributed by atoms with E-state index in [1.54, 1.807) is 12.1 Å². The Bertz CT molecular complexity index is 399. The molecule has 0 saturated heterocycles. The number of nitrogens with zero attached hydrogens (tertiary/aromatic N) is 1. The fourth-order valence-corrected chi connectivity index (χ4v) is 1.15. The van der Waals surface area contributed by atoms with Crippen molar-refractivity contribution in [3.8, 4) is 6.07 Å². The summed E-state index contributed by atoms with van der Waals surface area (Å²) in [6, 6.07) is 9.44. The van der Waals surface area contributed by atoms with Gasteiger partial charge in [0, 0.05) is 5.56 Å². The van der Waals surface area contributed by atoms with Crippen LogP contribution in [0.4, 0.5) is 0 Å². The lowest BCUT2D eigenvalue weighted by atomic mass is 9.85. The van der Waals surface area contributed by atoms with E-state index in [0.717, 1.165) is 5.56 Å². The largest absolute Gasteiger partial charge is 0.508 e. The summed E-state index contributed by atoms with van der Waals surface area (Å²) >= 11 is 0. The van der Waals surface area contributed by atoms with Crippen molar-refractivity contribution < 1.29 is 5.11 Å². The predicted octanol–water partition coefficient (Wildman–Crippen LogP) is 3.02. The molecule has 2 nitrogen and oxygen atoms in total. The Hall–Kier alpha value is -1.75. The van der Waals surface area contributed by atoms with Crippen LogP contribution in [0.25, 0.3) is 5.76 Å². The lowest BCUT2D eigenvalue weighted by Crippen LogP contribution is -2.13. The lowest BCUT2D eigenvalue weighted by Gasteiger charge is -2.16. The standard InChI is InChI=1S/C12H13NO/c1-9(14)10-5-4-6-11(7-10)12(2,3)8-13/h4-7,14H,1H2,2-3H3. The van der Waals surface area contributed by atoms with Crippen LogP contribution in [-0.2, 0) is 5.41 Å². The van der Waals surface area contributed by atoms with Gasteiger partial charge >= 0.3 is 0 Å². The van der Waals surface area contributed by atoms with Crippen LogP contribution in [0.3, 0.4) is 0 Å². The first-order valence-electron chi connectivity index (χ1n) is 4.37. The molecule has 1 aromatic carbocycles. The summed E-state index contributed by atoms with van der Waals surface area (Å²) in [5, 5.41) is 18.2. The first-order chi connectivity index (χ1) is 6.47. The third-order valence-corrected chi connectivity index (χ3v) is 2.20. The SMILES string of the molecule is C=C(O)c1cccc(C(C)(C)C#N)c1. The van der Waals surface area contributed by atoms with Gasteiger partial charge in [0.1, 0.15) is 5.76 Å². The molecule has 1 N–H and O–H groups in total. The van der Waals surface area contributed by atoms with E-state index in [9.17, 15) is 5.11 Å². The molecule has 14 heavy (non-hydrogen) atoms. The molecule has 2 heteroatoms. The van der Waals surface area contributed by atoms with Crippen LogP contribution in [0, 0.1) is 11.3 Å². The highest BCUT2D eigenvalue weighted by Gasteiger charge is 2.19. The molecule has 0 aliphatic carbocycles. The molecule has 0 unspecified atom stereocenters. The zero-order valence-corrected chi connectivity index (χ0v) is 8.41.